The molecule has 0 aliphatic heterocycles. The number of carbonyl (C=O) groups is 1. The Bertz CT molecular complexity index is 328. The summed E-state index contributed by atoms with van der Waals surface area (Å²) in [5.74, 6) is -0.171. The van der Waals surface area contributed by atoms with Gasteiger partial charge in [0.1, 0.15) is 0 Å². The van der Waals surface area contributed by atoms with Gasteiger partial charge in [0.25, 0.3) is 0 Å². The molecule has 1 rings (SSSR count). The molecule has 5 heteroatoms. The molecule has 1 N–H and O–H groups in total. The molecule has 0 aliphatic rings. The van der Waals surface area contributed by atoms with Crippen molar-refractivity contribution in [1.82, 2.24) is 4.98 Å². The maximum Gasteiger partial charge on any atom is 0.365 e. The molecule has 0 saturated carbocycles. The van der Waals surface area contributed by atoms with Gasteiger partial charge in [-0.3, -0.25) is 0 Å². The Morgan fingerprint density at radius 3 is 2.71 bits per heavy atom. The van der Waals surface area contributed by atoms with Crippen molar-refractivity contribution < 1.29 is 9.90 Å². The molecule has 0 amide bonds. The van der Waals surface area contributed by atoms with Crippen molar-refractivity contribution >= 4 is 29.1 Å². The number of carboxylic acid groups (broad SMARTS) is 1. The van der Waals surface area contributed by atoms with Crippen LogP contribution in [-0.2, 0) is 5.75 Å². The van der Waals surface area contributed by atoms with E-state index in [2.05, 4.69) is 25.8 Å². The summed E-state index contributed by atoms with van der Waals surface area (Å²) in [6.07, 6.45) is 0. The molecule has 3 nitrogen and oxygen atoms in total. The lowest BCUT2D eigenvalue weighted by atomic mass is 10.3. The second-order valence-corrected chi connectivity index (χ2v) is 6.51. The standard InChI is InChI=1S/C9H13NO2S2/c1-9(2,3)14-5-6-4-13-7(10-6)8(11)12/h4H,5H2,1-3H3,(H,11,12). The van der Waals surface area contributed by atoms with Gasteiger partial charge in [-0.05, 0) is 0 Å². The average molecular weight is 231 g/mol. The van der Waals surface area contributed by atoms with Crippen molar-refractivity contribution in [3.63, 3.8) is 0 Å². The van der Waals surface area contributed by atoms with Crippen LogP contribution in [-0.4, -0.2) is 20.8 Å². The molecule has 0 aromatic carbocycles. The van der Waals surface area contributed by atoms with Crippen LogP contribution in [0.25, 0.3) is 0 Å². The van der Waals surface area contributed by atoms with Crippen molar-refractivity contribution in [1.29, 1.82) is 0 Å². The van der Waals surface area contributed by atoms with Gasteiger partial charge in [0.15, 0.2) is 0 Å². The number of nitrogens with zero attached hydrogens (tertiary/aromatic N) is 1. The van der Waals surface area contributed by atoms with Gasteiger partial charge in [0, 0.05) is 15.9 Å². The number of aromatic nitrogens is 1. The van der Waals surface area contributed by atoms with Crippen LogP contribution in [0.2, 0.25) is 0 Å². The Labute approximate surface area is 91.6 Å². The Hall–Kier alpha value is -0.550. The van der Waals surface area contributed by atoms with E-state index in [1.54, 1.807) is 11.8 Å². The summed E-state index contributed by atoms with van der Waals surface area (Å²) in [6.45, 7) is 6.38. The molecule has 0 radical (unpaired) electrons. The van der Waals surface area contributed by atoms with Gasteiger partial charge < -0.3 is 5.11 Å². The van der Waals surface area contributed by atoms with Gasteiger partial charge in [-0.2, -0.15) is 0 Å². The monoisotopic (exact) mass is 231 g/mol. The van der Waals surface area contributed by atoms with Gasteiger partial charge in [0.2, 0.25) is 5.01 Å². The number of hydrogen-bond acceptors (Lipinski definition) is 4. The van der Waals surface area contributed by atoms with Crippen molar-refractivity contribution in [3.8, 4) is 0 Å². The second-order valence-electron chi connectivity index (χ2n) is 3.85. The predicted octanol–water partition coefficient (Wildman–Crippen LogP) is 2.87. The van der Waals surface area contributed by atoms with Crippen molar-refractivity contribution in [2.75, 3.05) is 0 Å². The summed E-state index contributed by atoms with van der Waals surface area (Å²) in [7, 11) is 0. The summed E-state index contributed by atoms with van der Waals surface area (Å²) in [5.41, 5.74) is 0.854. The Morgan fingerprint density at radius 1 is 1.64 bits per heavy atom. The minimum absolute atomic E-state index is 0.175. The van der Waals surface area contributed by atoms with E-state index in [1.165, 1.54) is 11.3 Å². The summed E-state index contributed by atoms with van der Waals surface area (Å²) < 4.78 is 0.188. The van der Waals surface area contributed by atoms with Gasteiger partial charge in [-0.25, -0.2) is 9.78 Å². The van der Waals surface area contributed by atoms with Crippen molar-refractivity contribution in [2.24, 2.45) is 0 Å². The zero-order chi connectivity index (χ0) is 10.8. The SMILES string of the molecule is CC(C)(C)SCc1csc(C(=O)O)n1. The van der Waals surface area contributed by atoms with Crippen LogP contribution in [0.5, 0.6) is 0 Å². The Balaban J connectivity index is 2.56. The molecule has 0 saturated heterocycles. The van der Waals surface area contributed by atoms with Gasteiger partial charge in [0.05, 0.1) is 5.69 Å². The first kappa shape index (κ1) is 11.5. The maximum atomic E-state index is 10.6. The first-order valence-corrected chi connectivity index (χ1v) is 6.07. The first-order valence-electron chi connectivity index (χ1n) is 4.20. The fraction of sp³-hybridized carbons (Fsp3) is 0.556. The highest BCUT2D eigenvalue weighted by Crippen LogP contribution is 2.27. The molecule has 0 fully saturated rings. The normalized spacial score (nSPS) is 11.6. The number of thiazole rings is 1. The van der Waals surface area contributed by atoms with Crippen LogP contribution in [0.1, 0.15) is 36.3 Å². The van der Waals surface area contributed by atoms with Gasteiger partial charge in [-0.15, -0.1) is 23.1 Å². The zero-order valence-electron chi connectivity index (χ0n) is 8.40. The topological polar surface area (TPSA) is 50.2 Å². The second kappa shape index (κ2) is 4.31. The highest BCUT2D eigenvalue weighted by molar-refractivity contribution is 7.99. The summed E-state index contributed by atoms with van der Waals surface area (Å²) in [6, 6.07) is 0. The Morgan fingerprint density at radius 2 is 2.29 bits per heavy atom. The molecule has 1 heterocycles. The fourth-order valence-corrected chi connectivity index (χ4v) is 2.25. The zero-order valence-corrected chi connectivity index (χ0v) is 10.0. The van der Waals surface area contributed by atoms with Crippen LogP contribution in [0.4, 0.5) is 0 Å². The van der Waals surface area contributed by atoms with E-state index in [1.807, 2.05) is 5.38 Å². The van der Waals surface area contributed by atoms with Crippen LogP contribution in [0.15, 0.2) is 5.38 Å². The molecule has 0 unspecified atom stereocenters. The van der Waals surface area contributed by atoms with Crippen LogP contribution >= 0.6 is 23.1 Å². The van der Waals surface area contributed by atoms with Crippen LogP contribution < -0.4 is 0 Å². The highest BCUT2D eigenvalue weighted by atomic mass is 32.2. The summed E-state index contributed by atoms with van der Waals surface area (Å²) in [5, 5.41) is 10.7. The molecule has 0 spiro atoms. The van der Waals surface area contributed by atoms with E-state index in [-0.39, 0.29) is 9.75 Å². The largest absolute Gasteiger partial charge is 0.476 e. The molecule has 0 atom stereocenters. The van der Waals surface area contributed by atoms with E-state index in [0.29, 0.717) is 0 Å². The molecule has 0 bridgehead atoms. The lowest BCUT2D eigenvalue weighted by molar-refractivity contribution is 0.0696. The number of rotatable bonds is 3. The molecule has 1 aromatic rings. The fourth-order valence-electron chi connectivity index (χ4n) is 0.762. The third kappa shape index (κ3) is 3.67. The third-order valence-corrected chi connectivity index (χ3v) is 3.57. The quantitative estimate of drug-likeness (QED) is 0.869. The molecule has 0 aliphatic carbocycles. The summed E-state index contributed by atoms with van der Waals surface area (Å²) in [4.78, 5) is 14.6. The van der Waals surface area contributed by atoms with Gasteiger partial charge >= 0.3 is 5.97 Å². The molecular weight excluding hydrogens is 218 g/mol. The van der Waals surface area contributed by atoms with E-state index in [4.69, 9.17) is 5.11 Å². The maximum absolute atomic E-state index is 10.6. The van der Waals surface area contributed by atoms with E-state index in [9.17, 15) is 4.79 Å². The van der Waals surface area contributed by atoms with E-state index >= 15 is 0 Å². The van der Waals surface area contributed by atoms with Crippen molar-refractivity contribution in [2.45, 2.75) is 31.3 Å². The highest BCUT2D eigenvalue weighted by Gasteiger charge is 2.13. The minimum Gasteiger partial charge on any atom is -0.476 e. The first-order chi connectivity index (χ1) is 6.38. The third-order valence-electron chi connectivity index (χ3n) is 1.39. The molecular formula is C9H13NO2S2. The molecule has 78 valence electrons. The van der Waals surface area contributed by atoms with Crippen LogP contribution in [0.3, 0.4) is 0 Å². The molecule has 1 aromatic heterocycles. The number of thioether (sulfide) groups is 1. The minimum atomic E-state index is -0.943. The van der Waals surface area contributed by atoms with Crippen molar-refractivity contribution in [3.05, 3.63) is 16.1 Å². The Kier molecular flexibility index (Phi) is 3.55. The lowest BCUT2D eigenvalue weighted by Gasteiger charge is -2.16. The number of aromatic carboxylic acids is 1. The smallest absolute Gasteiger partial charge is 0.365 e. The predicted molar refractivity (Wildman–Crippen MR) is 60.1 cm³/mol. The number of hydrogen-bond donors (Lipinski definition) is 1. The summed E-state index contributed by atoms with van der Waals surface area (Å²) >= 11 is 2.95. The lowest BCUT2D eigenvalue weighted by Crippen LogP contribution is -2.07. The van der Waals surface area contributed by atoms with Gasteiger partial charge in [-0.1, -0.05) is 20.8 Å². The average Bonchev–Trinajstić information content (AvgIpc) is 2.47. The van der Waals surface area contributed by atoms with E-state index in [0.717, 1.165) is 11.4 Å². The van der Waals surface area contributed by atoms with Crippen LogP contribution in [0, 0.1) is 0 Å². The molecule has 14 heavy (non-hydrogen) atoms. The van der Waals surface area contributed by atoms with E-state index < -0.39 is 5.97 Å². The number of carboxylic acids is 1.